The van der Waals surface area contributed by atoms with Gasteiger partial charge in [0.25, 0.3) is 0 Å². The van der Waals surface area contributed by atoms with Crippen LogP contribution in [0.3, 0.4) is 0 Å². The zero-order valence-electron chi connectivity index (χ0n) is 7.94. The van der Waals surface area contributed by atoms with Crippen molar-refractivity contribution in [1.82, 2.24) is 9.78 Å². The van der Waals surface area contributed by atoms with E-state index in [2.05, 4.69) is 11.7 Å². The van der Waals surface area contributed by atoms with Crippen LogP contribution in [-0.4, -0.2) is 9.78 Å². The van der Waals surface area contributed by atoms with E-state index in [0.717, 1.165) is 0 Å². The molecule has 0 fully saturated rings. The molecule has 0 atom stereocenters. The van der Waals surface area contributed by atoms with Crippen molar-refractivity contribution in [2.75, 3.05) is 5.73 Å². The van der Waals surface area contributed by atoms with Crippen LogP contribution in [0.15, 0.2) is 42.9 Å². The first-order chi connectivity index (χ1) is 6.65. The van der Waals surface area contributed by atoms with E-state index in [1.807, 2.05) is 6.92 Å². The van der Waals surface area contributed by atoms with Crippen molar-refractivity contribution in [2.45, 2.75) is 6.92 Å². The van der Waals surface area contributed by atoms with E-state index in [9.17, 15) is 4.39 Å². The first kappa shape index (κ1) is 10.2. The Bertz CT molecular complexity index is 388. The summed E-state index contributed by atoms with van der Waals surface area (Å²) in [5, 5.41) is 3.88. The van der Waals surface area contributed by atoms with Crippen LogP contribution in [-0.2, 0) is 0 Å². The second-order valence-corrected chi connectivity index (χ2v) is 2.67. The van der Waals surface area contributed by atoms with Crippen LogP contribution >= 0.6 is 0 Å². The summed E-state index contributed by atoms with van der Waals surface area (Å²) in [6.45, 7) is 5.06. The molecule has 1 aromatic rings. The Morgan fingerprint density at radius 1 is 1.71 bits per heavy atom. The number of nitrogens with two attached hydrogens (primary N) is 1. The van der Waals surface area contributed by atoms with Crippen molar-refractivity contribution < 1.29 is 4.39 Å². The molecular formula is C10H12FN3. The molecule has 0 spiro atoms. The normalized spacial score (nSPS) is 12.3. The lowest BCUT2D eigenvalue weighted by atomic mass is 10.3. The molecule has 0 unspecified atom stereocenters. The number of rotatable bonds is 3. The molecule has 0 saturated carbocycles. The van der Waals surface area contributed by atoms with Crippen molar-refractivity contribution in [3.63, 3.8) is 0 Å². The summed E-state index contributed by atoms with van der Waals surface area (Å²) in [5.74, 6) is -0.205. The van der Waals surface area contributed by atoms with E-state index in [4.69, 9.17) is 5.73 Å². The van der Waals surface area contributed by atoms with Gasteiger partial charge in [0.2, 0.25) is 0 Å². The lowest BCUT2D eigenvalue weighted by Crippen LogP contribution is -1.98. The third-order valence-electron chi connectivity index (χ3n) is 1.58. The molecule has 0 aliphatic carbocycles. The molecule has 14 heavy (non-hydrogen) atoms. The number of nitrogens with zero attached hydrogens (tertiary/aromatic N) is 2. The fraction of sp³-hybridized carbons (Fsp3) is 0.100. The second-order valence-electron chi connectivity index (χ2n) is 2.67. The van der Waals surface area contributed by atoms with Gasteiger partial charge in [-0.1, -0.05) is 18.7 Å². The largest absolute Gasteiger partial charge is 0.382 e. The molecule has 0 aliphatic heterocycles. The lowest BCUT2D eigenvalue weighted by Gasteiger charge is -2.02. The predicted molar refractivity (Wildman–Crippen MR) is 56.0 cm³/mol. The van der Waals surface area contributed by atoms with Crippen LogP contribution in [0.4, 0.5) is 10.2 Å². The smallest absolute Gasteiger partial charge is 0.145 e. The molecule has 3 nitrogen and oxygen atoms in total. The highest BCUT2D eigenvalue weighted by molar-refractivity contribution is 5.61. The van der Waals surface area contributed by atoms with Crippen LogP contribution in [0, 0.1) is 0 Å². The zero-order chi connectivity index (χ0) is 10.6. The molecule has 0 aliphatic rings. The summed E-state index contributed by atoms with van der Waals surface area (Å²) < 4.78 is 14.3. The van der Waals surface area contributed by atoms with E-state index < -0.39 is 5.83 Å². The lowest BCUT2D eigenvalue weighted by molar-refractivity contribution is 0.658. The topological polar surface area (TPSA) is 43.8 Å². The fourth-order valence-electron chi connectivity index (χ4n) is 0.951. The molecule has 0 bridgehead atoms. The van der Waals surface area contributed by atoms with Crippen molar-refractivity contribution in [2.24, 2.45) is 0 Å². The van der Waals surface area contributed by atoms with Gasteiger partial charge in [-0.05, 0) is 13.0 Å². The monoisotopic (exact) mass is 193 g/mol. The van der Waals surface area contributed by atoms with Gasteiger partial charge < -0.3 is 5.73 Å². The van der Waals surface area contributed by atoms with Gasteiger partial charge in [-0.15, -0.1) is 0 Å². The van der Waals surface area contributed by atoms with E-state index in [1.54, 1.807) is 30.5 Å². The Balaban J connectivity index is 3.06. The minimum atomic E-state index is -0.550. The van der Waals surface area contributed by atoms with E-state index >= 15 is 0 Å². The first-order valence-electron chi connectivity index (χ1n) is 4.14. The highest BCUT2D eigenvalue weighted by Crippen LogP contribution is 2.15. The maximum Gasteiger partial charge on any atom is 0.145 e. The van der Waals surface area contributed by atoms with Crippen LogP contribution < -0.4 is 5.73 Å². The van der Waals surface area contributed by atoms with E-state index in [-0.39, 0.29) is 5.70 Å². The van der Waals surface area contributed by atoms with E-state index in [0.29, 0.717) is 5.82 Å². The third kappa shape index (κ3) is 2.32. The van der Waals surface area contributed by atoms with Gasteiger partial charge in [-0.2, -0.15) is 5.10 Å². The molecule has 1 heterocycles. The van der Waals surface area contributed by atoms with E-state index in [1.165, 1.54) is 4.68 Å². The van der Waals surface area contributed by atoms with Gasteiger partial charge in [0, 0.05) is 12.3 Å². The second kappa shape index (κ2) is 4.41. The van der Waals surface area contributed by atoms with Gasteiger partial charge in [0.15, 0.2) is 0 Å². The number of hydrogen-bond donors (Lipinski definition) is 1. The number of halogens is 1. The summed E-state index contributed by atoms with van der Waals surface area (Å²) in [6.07, 6.45) is 6.65. The van der Waals surface area contributed by atoms with Gasteiger partial charge in [0.1, 0.15) is 11.6 Å². The number of anilines is 1. The Morgan fingerprint density at radius 2 is 2.43 bits per heavy atom. The number of nitrogen functional groups attached to an aromatic ring is 1. The first-order valence-corrected chi connectivity index (χ1v) is 4.14. The fourth-order valence-corrected chi connectivity index (χ4v) is 0.951. The van der Waals surface area contributed by atoms with Crippen LogP contribution in [0.25, 0.3) is 5.70 Å². The number of allylic oxidation sites excluding steroid dienone is 5. The van der Waals surface area contributed by atoms with Crippen molar-refractivity contribution >= 4 is 11.5 Å². The summed E-state index contributed by atoms with van der Waals surface area (Å²) in [5.41, 5.74) is 5.69. The average Bonchev–Trinajstić information content (AvgIpc) is 2.52. The van der Waals surface area contributed by atoms with Crippen LogP contribution in [0.1, 0.15) is 6.92 Å². The maximum absolute atomic E-state index is 13.0. The Hall–Kier alpha value is -1.84. The summed E-state index contributed by atoms with van der Waals surface area (Å²) in [4.78, 5) is 0. The Labute approximate surface area is 82.0 Å². The van der Waals surface area contributed by atoms with Gasteiger partial charge >= 0.3 is 0 Å². The van der Waals surface area contributed by atoms with Crippen molar-refractivity contribution in [3.8, 4) is 0 Å². The maximum atomic E-state index is 13.0. The minimum absolute atomic E-state index is 0.278. The van der Waals surface area contributed by atoms with Crippen LogP contribution in [0.2, 0.25) is 0 Å². The molecule has 4 heteroatoms. The molecule has 0 aromatic carbocycles. The highest BCUT2D eigenvalue weighted by atomic mass is 19.1. The molecule has 2 N–H and O–H groups in total. The number of hydrogen-bond acceptors (Lipinski definition) is 2. The zero-order valence-corrected chi connectivity index (χ0v) is 7.94. The summed E-state index contributed by atoms with van der Waals surface area (Å²) in [6, 6.07) is 1.59. The van der Waals surface area contributed by atoms with Crippen molar-refractivity contribution in [3.05, 3.63) is 42.9 Å². The van der Waals surface area contributed by atoms with Gasteiger partial charge in [-0.3, -0.25) is 0 Å². The third-order valence-corrected chi connectivity index (χ3v) is 1.58. The SMILES string of the molecule is C=C(F)/C(=C\C=C/C)n1ccc(N)n1. The highest BCUT2D eigenvalue weighted by Gasteiger charge is 2.04. The Kier molecular flexibility index (Phi) is 3.23. The standard InChI is InChI=1S/C10H12FN3/c1-3-4-5-9(8(2)11)14-7-6-10(12)13-14/h3-7H,2H2,1H3,(H2,12,13)/b4-3-,9-5+. The summed E-state index contributed by atoms with van der Waals surface area (Å²) >= 11 is 0. The Morgan fingerprint density at radius 3 is 2.86 bits per heavy atom. The van der Waals surface area contributed by atoms with Gasteiger partial charge in [-0.25, -0.2) is 9.07 Å². The quantitative estimate of drug-likeness (QED) is 0.749. The molecule has 1 rings (SSSR count). The minimum Gasteiger partial charge on any atom is -0.382 e. The molecule has 0 radical (unpaired) electrons. The van der Waals surface area contributed by atoms with Crippen LogP contribution in [0.5, 0.6) is 0 Å². The molecule has 1 aromatic heterocycles. The van der Waals surface area contributed by atoms with Gasteiger partial charge in [0.05, 0.1) is 5.70 Å². The molecule has 74 valence electrons. The average molecular weight is 193 g/mol. The molecule has 0 amide bonds. The molecule has 0 saturated heterocycles. The number of aromatic nitrogens is 2. The van der Waals surface area contributed by atoms with Crippen molar-refractivity contribution in [1.29, 1.82) is 0 Å². The molecular weight excluding hydrogens is 181 g/mol. The predicted octanol–water partition coefficient (Wildman–Crippen LogP) is 2.37. The summed E-state index contributed by atoms with van der Waals surface area (Å²) in [7, 11) is 0.